The van der Waals surface area contributed by atoms with Crippen molar-refractivity contribution >= 4 is 10.0 Å². The Morgan fingerprint density at radius 1 is 1.25 bits per heavy atom. The molecule has 1 saturated heterocycles. The van der Waals surface area contributed by atoms with Crippen molar-refractivity contribution < 1.29 is 8.42 Å². The highest BCUT2D eigenvalue weighted by atomic mass is 32.2. The van der Waals surface area contributed by atoms with Gasteiger partial charge >= 0.3 is 0 Å². The van der Waals surface area contributed by atoms with Crippen LogP contribution in [-0.2, 0) is 16.6 Å². The lowest BCUT2D eigenvalue weighted by Gasteiger charge is -2.36. The third kappa shape index (κ3) is 3.05. The summed E-state index contributed by atoms with van der Waals surface area (Å²) in [5, 5.41) is 0. The SMILES string of the molecule is Cc1cc(CN)ccc1S(=O)(=O)N1CCC(C)(C)CC1. The molecule has 0 bridgehead atoms. The lowest BCUT2D eigenvalue weighted by Crippen LogP contribution is -2.41. The zero-order chi connectivity index (χ0) is 15.0. The van der Waals surface area contributed by atoms with E-state index in [4.69, 9.17) is 5.73 Å². The zero-order valence-corrected chi connectivity index (χ0v) is 13.3. The predicted octanol–water partition coefficient (Wildman–Crippen LogP) is 2.26. The van der Waals surface area contributed by atoms with E-state index in [0.717, 1.165) is 24.0 Å². The summed E-state index contributed by atoms with van der Waals surface area (Å²) in [4.78, 5) is 0.411. The fourth-order valence-corrected chi connectivity index (χ4v) is 4.25. The summed E-state index contributed by atoms with van der Waals surface area (Å²) in [6.45, 7) is 7.86. The second-order valence-corrected chi connectivity index (χ2v) is 8.28. The van der Waals surface area contributed by atoms with Gasteiger partial charge in [0.25, 0.3) is 0 Å². The molecule has 0 aromatic heterocycles. The molecule has 0 amide bonds. The largest absolute Gasteiger partial charge is 0.326 e. The van der Waals surface area contributed by atoms with Crippen LogP contribution in [0.15, 0.2) is 23.1 Å². The molecule has 4 nitrogen and oxygen atoms in total. The van der Waals surface area contributed by atoms with E-state index in [1.807, 2.05) is 13.0 Å². The number of nitrogens with zero attached hydrogens (tertiary/aromatic N) is 1. The predicted molar refractivity (Wildman–Crippen MR) is 80.8 cm³/mol. The Balaban J connectivity index is 2.27. The summed E-state index contributed by atoms with van der Waals surface area (Å²) < 4.78 is 27.0. The average molecular weight is 296 g/mol. The van der Waals surface area contributed by atoms with Gasteiger partial charge in [-0.3, -0.25) is 0 Å². The molecule has 0 atom stereocenters. The van der Waals surface area contributed by atoms with Crippen LogP contribution < -0.4 is 5.73 Å². The lowest BCUT2D eigenvalue weighted by molar-refractivity contribution is 0.196. The number of hydrogen-bond donors (Lipinski definition) is 1. The minimum Gasteiger partial charge on any atom is -0.326 e. The van der Waals surface area contributed by atoms with Crippen LogP contribution in [0.2, 0.25) is 0 Å². The van der Waals surface area contributed by atoms with Crippen molar-refractivity contribution in [1.82, 2.24) is 4.31 Å². The van der Waals surface area contributed by atoms with Gasteiger partial charge in [0.1, 0.15) is 0 Å². The Kier molecular flexibility index (Phi) is 4.23. The quantitative estimate of drug-likeness (QED) is 0.930. The number of sulfonamides is 1. The van der Waals surface area contributed by atoms with E-state index in [9.17, 15) is 8.42 Å². The molecule has 5 heteroatoms. The Hall–Kier alpha value is -0.910. The summed E-state index contributed by atoms with van der Waals surface area (Å²) in [6, 6.07) is 5.35. The first-order valence-corrected chi connectivity index (χ1v) is 8.50. The van der Waals surface area contributed by atoms with Gasteiger partial charge in [-0.25, -0.2) is 8.42 Å². The average Bonchev–Trinajstić information content (AvgIpc) is 2.37. The number of benzene rings is 1. The van der Waals surface area contributed by atoms with Gasteiger partial charge in [0.05, 0.1) is 4.90 Å². The molecule has 0 saturated carbocycles. The van der Waals surface area contributed by atoms with Crippen LogP contribution >= 0.6 is 0 Å². The van der Waals surface area contributed by atoms with Crippen LogP contribution in [0, 0.1) is 12.3 Å². The molecule has 1 heterocycles. The van der Waals surface area contributed by atoms with Gasteiger partial charge in [-0.2, -0.15) is 4.31 Å². The summed E-state index contributed by atoms with van der Waals surface area (Å²) >= 11 is 0. The van der Waals surface area contributed by atoms with Crippen molar-refractivity contribution in [3.05, 3.63) is 29.3 Å². The number of aryl methyl sites for hydroxylation is 1. The Bertz CT molecular complexity index is 584. The highest BCUT2D eigenvalue weighted by Crippen LogP contribution is 2.33. The second kappa shape index (κ2) is 5.47. The second-order valence-electron chi connectivity index (χ2n) is 6.37. The van der Waals surface area contributed by atoms with Crippen LogP contribution in [0.3, 0.4) is 0 Å². The highest BCUT2D eigenvalue weighted by molar-refractivity contribution is 7.89. The number of piperidine rings is 1. The van der Waals surface area contributed by atoms with Gasteiger partial charge in [-0.1, -0.05) is 26.0 Å². The van der Waals surface area contributed by atoms with Crippen molar-refractivity contribution in [3.8, 4) is 0 Å². The maximum atomic E-state index is 12.7. The number of rotatable bonds is 3. The number of nitrogens with two attached hydrogens (primary N) is 1. The maximum Gasteiger partial charge on any atom is 0.243 e. The summed E-state index contributed by atoms with van der Waals surface area (Å²) in [6.07, 6.45) is 1.82. The van der Waals surface area contributed by atoms with Crippen molar-refractivity contribution in [2.75, 3.05) is 13.1 Å². The van der Waals surface area contributed by atoms with E-state index < -0.39 is 10.0 Å². The van der Waals surface area contributed by atoms with E-state index in [1.54, 1.807) is 16.4 Å². The van der Waals surface area contributed by atoms with Gasteiger partial charge in [0, 0.05) is 19.6 Å². The van der Waals surface area contributed by atoms with Gasteiger partial charge in [0.2, 0.25) is 10.0 Å². The third-order valence-corrected chi connectivity index (χ3v) is 6.23. The van der Waals surface area contributed by atoms with Gasteiger partial charge < -0.3 is 5.73 Å². The van der Waals surface area contributed by atoms with E-state index in [0.29, 0.717) is 24.5 Å². The fourth-order valence-electron chi connectivity index (χ4n) is 2.60. The first-order valence-electron chi connectivity index (χ1n) is 7.06. The minimum absolute atomic E-state index is 0.241. The third-order valence-electron chi connectivity index (χ3n) is 4.17. The monoisotopic (exact) mass is 296 g/mol. The molecule has 20 heavy (non-hydrogen) atoms. The molecule has 1 aliphatic rings. The summed E-state index contributed by atoms with van der Waals surface area (Å²) in [5.41, 5.74) is 7.57. The molecule has 0 aliphatic carbocycles. The van der Waals surface area contributed by atoms with Crippen LogP contribution in [0.25, 0.3) is 0 Å². The minimum atomic E-state index is -3.38. The van der Waals surface area contributed by atoms with Gasteiger partial charge in [0.15, 0.2) is 0 Å². The summed E-state index contributed by atoms with van der Waals surface area (Å²) in [7, 11) is -3.38. The highest BCUT2D eigenvalue weighted by Gasteiger charge is 2.33. The smallest absolute Gasteiger partial charge is 0.243 e. The van der Waals surface area contributed by atoms with Gasteiger partial charge in [-0.05, 0) is 42.4 Å². The first kappa shape index (κ1) is 15.5. The van der Waals surface area contributed by atoms with Crippen molar-refractivity contribution in [2.45, 2.75) is 45.1 Å². The van der Waals surface area contributed by atoms with Crippen LogP contribution in [0.4, 0.5) is 0 Å². The number of hydrogen-bond acceptors (Lipinski definition) is 3. The van der Waals surface area contributed by atoms with Crippen molar-refractivity contribution in [3.63, 3.8) is 0 Å². The van der Waals surface area contributed by atoms with Crippen LogP contribution in [0.5, 0.6) is 0 Å². The molecule has 2 rings (SSSR count). The molecule has 1 aromatic rings. The fraction of sp³-hybridized carbons (Fsp3) is 0.600. The van der Waals surface area contributed by atoms with Crippen LogP contribution in [-0.4, -0.2) is 25.8 Å². The summed E-state index contributed by atoms with van der Waals surface area (Å²) in [5.74, 6) is 0. The van der Waals surface area contributed by atoms with Crippen LogP contribution in [0.1, 0.15) is 37.8 Å². The van der Waals surface area contributed by atoms with E-state index in [1.165, 1.54) is 0 Å². The Morgan fingerprint density at radius 3 is 2.35 bits per heavy atom. The molecule has 0 spiro atoms. The normalized spacial score (nSPS) is 20.0. The molecule has 1 aliphatic heterocycles. The van der Waals surface area contributed by atoms with E-state index in [-0.39, 0.29) is 5.41 Å². The lowest BCUT2D eigenvalue weighted by atomic mass is 9.83. The topological polar surface area (TPSA) is 63.4 Å². The van der Waals surface area contributed by atoms with Crippen molar-refractivity contribution in [1.29, 1.82) is 0 Å². The Labute approximate surface area is 122 Å². The standard InChI is InChI=1S/C15H24N2O2S/c1-12-10-13(11-16)4-5-14(12)20(18,19)17-8-6-15(2,3)7-9-17/h4-5,10H,6-9,11,16H2,1-3H3. The molecular weight excluding hydrogens is 272 g/mol. The van der Waals surface area contributed by atoms with Crippen molar-refractivity contribution in [2.24, 2.45) is 11.1 Å². The zero-order valence-electron chi connectivity index (χ0n) is 12.5. The van der Waals surface area contributed by atoms with Gasteiger partial charge in [-0.15, -0.1) is 0 Å². The molecule has 2 N–H and O–H groups in total. The molecule has 112 valence electrons. The van der Waals surface area contributed by atoms with E-state index >= 15 is 0 Å². The Morgan fingerprint density at radius 2 is 1.85 bits per heavy atom. The molecule has 0 unspecified atom stereocenters. The maximum absolute atomic E-state index is 12.7. The molecule has 1 fully saturated rings. The molecule has 1 aromatic carbocycles. The molecular formula is C15H24N2O2S. The van der Waals surface area contributed by atoms with E-state index in [2.05, 4.69) is 13.8 Å². The first-order chi connectivity index (χ1) is 9.26. The molecule has 0 radical (unpaired) electrons.